The molecule has 1 amide bonds. The summed E-state index contributed by atoms with van der Waals surface area (Å²) in [7, 11) is -3.03. The van der Waals surface area contributed by atoms with Crippen molar-refractivity contribution >= 4 is 33.0 Å². The average Bonchev–Trinajstić information content (AvgIpc) is 2.88. The van der Waals surface area contributed by atoms with Crippen LogP contribution in [-0.4, -0.2) is 25.8 Å². The Kier molecular flexibility index (Phi) is 5.48. The summed E-state index contributed by atoms with van der Waals surface area (Å²) in [4.78, 5) is 12.3. The molecular weight excluding hydrogens is 381 g/mol. The van der Waals surface area contributed by atoms with Gasteiger partial charge in [0.15, 0.2) is 15.6 Å². The molecule has 1 aliphatic rings. The lowest BCUT2D eigenvalue weighted by molar-refractivity contribution is -0.116. The number of nitrogens with one attached hydrogen (secondary N) is 1. The molecule has 0 spiro atoms. The highest BCUT2D eigenvalue weighted by molar-refractivity contribution is 7.91. The predicted octanol–water partition coefficient (Wildman–Crippen LogP) is 4.03. The van der Waals surface area contributed by atoms with Crippen molar-refractivity contribution in [2.75, 3.05) is 16.8 Å². The number of hydrogen-bond donors (Lipinski definition) is 1. The molecule has 1 heterocycles. The van der Waals surface area contributed by atoms with Crippen LogP contribution >= 0.6 is 11.6 Å². The molecule has 0 saturated carbocycles. The lowest BCUT2D eigenvalue weighted by Crippen LogP contribution is -2.17. The molecule has 2 aromatic rings. The van der Waals surface area contributed by atoms with Crippen molar-refractivity contribution in [3.8, 4) is 11.5 Å². The van der Waals surface area contributed by atoms with Crippen LogP contribution in [0.1, 0.15) is 12.8 Å². The van der Waals surface area contributed by atoms with Crippen LogP contribution in [0.4, 0.5) is 10.1 Å². The van der Waals surface area contributed by atoms with Crippen LogP contribution in [0, 0.1) is 11.7 Å². The van der Waals surface area contributed by atoms with Gasteiger partial charge in [0.1, 0.15) is 11.6 Å². The normalized spacial score (nSPS) is 18.5. The Balaban J connectivity index is 1.72. The van der Waals surface area contributed by atoms with E-state index in [1.54, 1.807) is 18.2 Å². The molecular formula is C18H17ClFNO4S. The second kappa shape index (κ2) is 7.63. The Labute approximate surface area is 156 Å². The van der Waals surface area contributed by atoms with E-state index in [2.05, 4.69) is 5.32 Å². The van der Waals surface area contributed by atoms with E-state index in [-0.39, 0.29) is 35.5 Å². The average molecular weight is 398 g/mol. The van der Waals surface area contributed by atoms with Gasteiger partial charge >= 0.3 is 0 Å². The standard InChI is InChI=1S/C18H17ClFNO4S/c19-13-4-5-17(25-15-3-1-2-14(20)10-15)16(9-13)21-18(22)8-12-6-7-26(23,24)11-12/h1-5,9-10,12H,6-8,11H2,(H,21,22). The number of ether oxygens (including phenoxy) is 1. The Morgan fingerprint density at radius 3 is 2.77 bits per heavy atom. The van der Waals surface area contributed by atoms with Gasteiger partial charge in [-0.05, 0) is 42.7 Å². The summed E-state index contributed by atoms with van der Waals surface area (Å²) in [5.74, 6) is -0.203. The highest BCUT2D eigenvalue weighted by Gasteiger charge is 2.29. The van der Waals surface area contributed by atoms with Gasteiger partial charge in [-0.15, -0.1) is 0 Å². The summed E-state index contributed by atoms with van der Waals surface area (Å²) in [5, 5.41) is 3.10. The number of halogens is 2. The van der Waals surface area contributed by atoms with Gasteiger partial charge in [0.2, 0.25) is 5.91 Å². The first kappa shape index (κ1) is 18.7. The van der Waals surface area contributed by atoms with E-state index in [1.807, 2.05) is 0 Å². The first-order valence-corrected chi connectivity index (χ1v) is 10.2. The molecule has 1 unspecified atom stereocenters. The predicted molar refractivity (Wildman–Crippen MR) is 97.9 cm³/mol. The molecule has 1 saturated heterocycles. The number of carbonyl (C=O) groups excluding carboxylic acids is 1. The van der Waals surface area contributed by atoms with Crippen molar-refractivity contribution in [3.05, 3.63) is 53.3 Å². The number of benzene rings is 2. The number of anilines is 1. The summed E-state index contributed by atoms with van der Waals surface area (Å²) >= 11 is 5.99. The largest absolute Gasteiger partial charge is 0.455 e. The van der Waals surface area contributed by atoms with Crippen molar-refractivity contribution in [2.24, 2.45) is 5.92 Å². The van der Waals surface area contributed by atoms with Gasteiger partial charge in [-0.25, -0.2) is 12.8 Å². The van der Waals surface area contributed by atoms with E-state index < -0.39 is 15.7 Å². The van der Waals surface area contributed by atoms with Gasteiger partial charge in [-0.3, -0.25) is 4.79 Å². The molecule has 5 nitrogen and oxygen atoms in total. The minimum atomic E-state index is -3.03. The van der Waals surface area contributed by atoms with E-state index in [0.29, 0.717) is 22.9 Å². The zero-order valence-electron chi connectivity index (χ0n) is 13.7. The molecule has 138 valence electrons. The molecule has 0 bridgehead atoms. The fourth-order valence-corrected chi connectivity index (χ4v) is 4.88. The van der Waals surface area contributed by atoms with Crippen LogP contribution in [0.5, 0.6) is 11.5 Å². The smallest absolute Gasteiger partial charge is 0.224 e. The number of rotatable bonds is 5. The molecule has 1 aliphatic heterocycles. The van der Waals surface area contributed by atoms with Crippen LogP contribution in [0.15, 0.2) is 42.5 Å². The second-order valence-corrected chi connectivity index (χ2v) is 8.89. The molecule has 1 atom stereocenters. The van der Waals surface area contributed by atoms with Gasteiger partial charge in [0.05, 0.1) is 17.2 Å². The zero-order valence-corrected chi connectivity index (χ0v) is 15.3. The fraction of sp³-hybridized carbons (Fsp3) is 0.278. The van der Waals surface area contributed by atoms with Gasteiger partial charge in [0, 0.05) is 17.5 Å². The maximum atomic E-state index is 13.3. The molecule has 8 heteroatoms. The van der Waals surface area contributed by atoms with Crippen LogP contribution in [0.25, 0.3) is 0 Å². The summed E-state index contributed by atoms with van der Waals surface area (Å²) in [6.07, 6.45) is 0.586. The Bertz CT molecular complexity index is 933. The van der Waals surface area contributed by atoms with Gasteiger partial charge in [0.25, 0.3) is 0 Å². The van der Waals surface area contributed by atoms with E-state index >= 15 is 0 Å². The van der Waals surface area contributed by atoms with Crippen LogP contribution in [0.3, 0.4) is 0 Å². The lowest BCUT2D eigenvalue weighted by Gasteiger charge is -2.14. The van der Waals surface area contributed by atoms with Crippen LogP contribution < -0.4 is 10.1 Å². The number of sulfone groups is 1. The summed E-state index contributed by atoms with van der Waals surface area (Å²) in [6.45, 7) is 0. The molecule has 2 aromatic carbocycles. The summed E-state index contributed by atoms with van der Waals surface area (Å²) in [6, 6.07) is 10.3. The quantitative estimate of drug-likeness (QED) is 0.826. The summed E-state index contributed by atoms with van der Waals surface area (Å²) in [5.41, 5.74) is 0.340. The number of hydrogen-bond acceptors (Lipinski definition) is 4. The molecule has 0 aromatic heterocycles. The number of amides is 1. The Morgan fingerprint density at radius 1 is 1.27 bits per heavy atom. The molecule has 0 radical (unpaired) electrons. The maximum Gasteiger partial charge on any atom is 0.224 e. The molecule has 3 rings (SSSR count). The molecule has 1 fully saturated rings. The van der Waals surface area contributed by atoms with Gasteiger partial charge in [-0.1, -0.05) is 17.7 Å². The van der Waals surface area contributed by atoms with E-state index in [0.717, 1.165) is 0 Å². The monoisotopic (exact) mass is 397 g/mol. The SMILES string of the molecule is O=C(CC1CCS(=O)(=O)C1)Nc1cc(Cl)ccc1Oc1cccc(F)c1. The van der Waals surface area contributed by atoms with Crippen LogP contribution in [0.2, 0.25) is 5.02 Å². The van der Waals surface area contributed by atoms with Crippen molar-refractivity contribution in [1.29, 1.82) is 0 Å². The molecule has 0 aliphatic carbocycles. The first-order chi connectivity index (χ1) is 12.3. The van der Waals surface area contributed by atoms with E-state index in [4.69, 9.17) is 16.3 Å². The topological polar surface area (TPSA) is 72.5 Å². The Morgan fingerprint density at radius 2 is 2.08 bits per heavy atom. The van der Waals surface area contributed by atoms with Crippen LogP contribution in [-0.2, 0) is 14.6 Å². The van der Waals surface area contributed by atoms with Crippen molar-refractivity contribution in [1.82, 2.24) is 0 Å². The first-order valence-electron chi connectivity index (χ1n) is 8.04. The summed E-state index contributed by atoms with van der Waals surface area (Å²) < 4.78 is 42.0. The van der Waals surface area contributed by atoms with E-state index in [9.17, 15) is 17.6 Å². The number of carbonyl (C=O) groups is 1. The van der Waals surface area contributed by atoms with Crippen molar-refractivity contribution in [2.45, 2.75) is 12.8 Å². The van der Waals surface area contributed by atoms with Crippen molar-refractivity contribution < 1.29 is 22.3 Å². The zero-order chi connectivity index (χ0) is 18.7. The van der Waals surface area contributed by atoms with Gasteiger partial charge in [-0.2, -0.15) is 0 Å². The highest BCUT2D eigenvalue weighted by atomic mass is 35.5. The minimum absolute atomic E-state index is 0.0304. The third-order valence-corrected chi connectivity index (χ3v) is 6.11. The van der Waals surface area contributed by atoms with E-state index in [1.165, 1.54) is 24.3 Å². The van der Waals surface area contributed by atoms with Gasteiger partial charge < -0.3 is 10.1 Å². The lowest BCUT2D eigenvalue weighted by atomic mass is 10.0. The third-order valence-electron chi connectivity index (χ3n) is 4.04. The third kappa shape index (κ3) is 4.95. The molecule has 1 N–H and O–H groups in total. The fourth-order valence-electron chi connectivity index (χ4n) is 2.84. The second-order valence-electron chi connectivity index (χ2n) is 6.22. The maximum absolute atomic E-state index is 13.3. The highest BCUT2D eigenvalue weighted by Crippen LogP contribution is 2.33. The van der Waals surface area contributed by atoms with Crippen molar-refractivity contribution in [3.63, 3.8) is 0 Å². The minimum Gasteiger partial charge on any atom is -0.455 e. The molecule has 26 heavy (non-hydrogen) atoms. The Hall–Kier alpha value is -2.12.